The Morgan fingerprint density at radius 1 is 1.43 bits per heavy atom. The van der Waals surface area contributed by atoms with E-state index in [1.165, 1.54) is 4.68 Å². The molecule has 118 valence electrons. The summed E-state index contributed by atoms with van der Waals surface area (Å²) in [6.07, 6.45) is 3.86. The highest BCUT2D eigenvalue weighted by atomic mass is 79.9. The van der Waals surface area contributed by atoms with Crippen molar-refractivity contribution in [1.82, 2.24) is 9.78 Å². The van der Waals surface area contributed by atoms with Gasteiger partial charge in [-0.25, -0.2) is 4.68 Å². The number of ether oxygens (including phenoxy) is 1. The highest BCUT2D eigenvalue weighted by molar-refractivity contribution is 9.10. The zero-order chi connectivity index (χ0) is 15.4. The Labute approximate surface area is 134 Å². The lowest BCUT2D eigenvalue weighted by molar-refractivity contribution is 0.0622. The third-order valence-electron chi connectivity index (χ3n) is 3.88. The van der Waals surface area contributed by atoms with Gasteiger partial charge in [0.1, 0.15) is 4.47 Å². The number of hydrogen-bond acceptors (Lipinski definition) is 4. The van der Waals surface area contributed by atoms with E-state index in [1.807, 2.05) is 0 Å². The minimum atomic E-state index is -0.0760. The van der Waals surface area contributed by atoms with Gasteiger partial charge in [-0.05, 0) is 47.5 Å². The molecule has 1 aromatic heterocycles. The number of hydrogen-bond donors (Lipinski definition) is 1. The summed E-state index contributed by atoms with van der Waals surface area (Å²) < 4.78 is 7.47. The van der Waals surface area contributed by atoms with Crippen LogP contribution in [0.4, 0.5) is 5.69 Å². The van der Waals surface area contributed by atoms with Crippen molar-refractivity contribution in [2.75, 3.05) is 18.5 Å². The summed E-state index contributed by atoms with van der Waals surface area (Å²) in [5.41, 5.74) is 0.701. The molecule has 1 aliphatic heterocycles. The van der Waals surface area contributed by atoms with Crippen LogP contribution in [0.15, 0.2) is 15.5 Å². The zero-order valence-electron chi connectivity index (χ0n) is 12.9. The second kappa shape index (κ2) is 7.40. The van der Waals surface area contributed by atoms with Gasteiger partial charge in [-0.15, -0.1) is 0 Å². The molecule has 1 aromatic rings. The maximum Gasteiger partial charge on any atom is 0.283 e. The Bertz CT molecular complexity index is 524. The average Bonchev–Trinajstić information content (AvgIpc) is 2.47. The third kappa shape index (κ3) is 4.30. The van der Waals surface area contributed by atoms with E-state index in [4.69, 9.17) is 4.74 Å². The van der Waals surface area contributed by atoms with Crippen molar-refractivity contribution >= 4 is 21.6 Å². The van der Waals surface area contributed by atoms with Gasteiger partial charge in [0.05, 0.1) is 11.9 Å². The van der Waals surface area contributed by atoms with Crippen LogP contribution in [0.2, 0.25) is 0 Å². The minimum Gasteiger partial charge on any atom is -0.381 e. The van der Waals surface area contributed by atoms with E-state index in [9.17, 15) is 4.79 Å². The van der Waals surface area contributed by atoms with Crippen LogP contribution < -0.4 is 10.9 Å². The van der Waals surface area contributed by atoms with Gasteiger partial charge < -0.3 is 10.1 Å². The molecule has 2 heterocycles. The van der Waals surface area contributed by atoms with Gasteiger partial charge in [-0.2, -0.15) is 5.10 Å². The number of anilines is 1. The summed E-state index contributed by atoms with van der Waals surface area (Å²) in [7, 11) is 0. The van der Waals surface area contributed by atoms with Crippen LogP contribution >= 0.6 is 15.9 Å². The molecule has 0 saturated carbocycles. The maximum absolute atomic E-state index is 12.3. The topological polar surface area (TPSA) is 56.1 Å². The average molecular weight is 358 g/mol. The molecular formula is C15H24BrN3O2. The molecule has 0 spiro atoms. The van der Waals surface area contributed by atoms with Crippen molar-refractivity contribution < 1.29 is 4.74 Å². The van der Waals surface area contributed by atoms with E-state index in [-0.39, 0.29) is 5.56 Å². The molecule has 0 amide bonds. The zero-order valence-corrected chi connectivity index (χ0v) is 14.5. The Morgan fingerprint density at radius 2 is 2.10 bits per heavy atom. The quantitative estimate of drug-likeness (QED) is 0.880. The van der Waals surface area contributed by atoms with Crippen molar-refractivity contribution in [3.63, 3.8) is 0 Å². The molecule has 21 heavy (non-hydrogen) atoms. The Hall–Kier alpha value is -0.880. The Balaban J connectivity index is 2.09. The molecule has 0 radical (unpaired) electrons. The summed E-state index contributed by atoms with van der Waals surface area (Å²) in [5.74, 6) is 0.964. The van der Waals surface area contributed by atoms with Crippen LogP contribution in [-0.2, 0) is 11.3 Å². The lowest BCUT2D eigenvalue weighted by Gasteiger charge is -2.29. The highest BCUT2D eigenvalue weighted by Gasteiger charge is 2.21. The number of nitrogens with one attached hydrogen (secondary N) is 1. The monoisotopic (exact) mass is 357 g/mol. The molecule has 1 aliphatic rings. The van der Waals surface area contributed by atoms with Crippen LogP contribution in [0.1, 0.15) is 33.6 Å². The number of rotatable bonds is 5. The largest absolute Gasteiger partial charge is 0.381 e. The second-order valence-electron chi connectivity index (χ2n) is 6.14. The Kier molecular flexibility index (Phi) is 5.81. The first kappa shape index (κ1) is 16.5. The van der Waals surface area contributed by atoms with Crippen molar-refractivity contribution in [3.05, 3.63) is 21.0 Å². The van der Waals surface area contributed by atoms with Gasteiger partial charge in [-0.1, -0.05) is 13.8 Å². The lowest BCUT2D eigenvalue weighted by atomic mass is 9.93. The molecule has 5 nitrogen and oxygen atoms in total. The SMILES string of the molecule is CC(C)Cn1ncc(NC(C)C2CCOCC2)c(Br)c1=O. The van der Waals surface area contributed by atoms with Crippen LogP contribution in [0.25, 0.3) is 0 Å². The predicted octanol–water partition coefficient (Wildman–Crippen LogP) is 2.89. The van der Waals surface area contributed by atoms with Crippen LogP contribution in [0.5, 0.6) is 0 Å². The molecule has 2 rings (SSSR count). The van der Waals surface area contributed by atoms with E-state index in [2.05, 4.69) is 47.1 Å². The molecule has 1 N–H and O–H groups in total. The summed E-state index contributed by atoms with van der Waals surface area (Å²) in [6.45, 7) is 8.58. The normalized spacial score (nSPS) is 18.0. The number of aromatic nitrogens is 2. The lowest BCUT2D eigenvalue weighted by Crippen LogP contribution is -2.33. The highest BCUT2D eigenvalue weighted by Crippen LogP contribution is 2.24. The van der Waals surface area contributed by atoms with Crippen molar-refractivity contribution in [1.29, 1.82) is 0 Å². The van der Waals surface area contributed by atoms with Crippen molar-refractivity contribution in [3.8, 4) is 0 Å². The molecule has 1 atom stereocenters. The van der Waals surface area contributed by atoms with E-state index in [0.29, 0.717) is 28.9 Å². The van der Waals surface area contributed by atoms with E-state index >= 15 is 0 Å². The fourth-order valence-electron chi connectivity index (χ4n) is 2.62. The fourth-order valence-corrected chi connectivity index (χ4v) is 3.04. The molecule has 1 saturated heterocycles. The molecule has 1 fully saturated rings. The first-order valence-corrected chi connectivity index (χ1v) is 8.38. The molecule has 0 aromatic carbocycles. The van der Waals surface area contributed by atoms with Gasteiger partial charge in [-0.3, -0.25) is 4.79 Å². The third-order valence-corrected chi connectivity index (χ3v) is 4.65. The van der Waals surface area contributed by atoms with E-state index in [0.717, 1.165) is 31.7 Å². The van der Waals surface area contributed by atoms with Crippen molar-refractivity contribution in [2.24, 2.45) is 11.8 Å². The van der Waals surface area contributed by atoms with E-state index in [1.54, 1.807) is 6.20 Å². The first-order valence-electron chi connectivity index (χ1n) is 7.59. The Morgan fingerprint density at radius 3 is 2.71 bits per heavy atom. The molecule has 0 aliphatic carbocycles. The van der Waals surface area contributed by atoms with Gasteiger partial charge in [0.2, 0.25) is 0 Å². The van der Waals surface area contributed by atoms with Gasteiger partial charge >= 0.3 is 0 Å². The summed E-state index contributed by atoms with van der Waals surface area (Å²) in [5, 5.41) is 7.69. The van der Waals surface area contributed by atoms with E-state index < -0.39 is 0 Å². The van der Waals surface area contributed by atoms with Crippen LogP contribution in [0, 0.1) is 11.8 Å². The smallest absolute Gasteiger partial charge is 0.283 e. The van der Waals surface area contributed by atoms with Gasteiger partial charge in [0, 0.05) is 25.8 Å². The minimum absolute atomic E-state index is 0.0760. The summed E-state index contributed by atoms with van der Waals surface area (Å²) >= 11 is 3.41. The standard InChI is InChI=1S/C15H24BrN3O2/c1-10(2)9-19-15(20)14(16)13(8-17-19)18-11(3)12-4-6-21-7-5-12/h8,10-12,18H,4-7,9H2,1-3H3. The number of nitrogens with zero attached hydrogens (tertiary/aromatic N) is 2. The molecule has 1 unspecified atom stereocenters. The summed E-state index contributed by atoms with van der Waals surface area (Å²) in [4.78, 5) is 12.3. The predicted molar refractivity (Wildman–Crippen MR) is 87.7 cm³/mol. The fraction of sp³-hybridized carbons (Fsp3) is 0.733. The van der Waals surface area contributed by atoms with Crippen molar-refractivity contribution in [2.45, 2.75) is 46.2 Å². The van der Waals surface area contributed by atoms with Crippen LogP contribution in [0.3, 0.4) is 0 Å². The first-order chi connectivity index (χ1) is 9.99. The number of halogens is 1. The molecule has 6 heteroatoms. The molecular weight excluding hydrogens is 334 g/mol. The van der Waals surface area contributed by atoms with Gasteiger partial charge in [0.25, 0.3) is 5.56 Å². The maximum atomic E-state index is 12.3. The molecule has 0 bridgehead atoms. The second-order valence-corrected chi connectivity index (χ2v) is 6.93. The van der Waals surface area contributed by atoms with Crippen LogP contribution in [-0.4, -0.2) is 29.0 Å². The van der Waals surface area contributed by atoms with Gasteiger partial charge in [0.15, 0.2) is 0 Å². The summed E-state index contributed by atoms with van der Waals surface area (Å²) in [6, 6.07) is 0.298.